The molecule has 2 N–H and O–H groups in total. The van der Waals surface area contributed by atoms with E-state index in [9.17, 15) is 12.8 Å². The second-order valence-corrected chi connectivity index (χ2v) is 3.79. The zero-order valence-electron chi connectivity index (χ0n) is 5.79. The van der Waals surface area contributed by atoms with E-state index in [4.69, 9.17) is 16.2 Å². The highest BCUT2D eigenvalue weighted by atomic mass is 35.5. The van der Waals surface area contributed by atoms with E-state index in [1.165, 1.54) is 6.92 Å². The molecule has 0 fully saturated rings. The molecule has 0 aliphatic rings. The van der Waals surface area contributed by atoms with Gasteiger partial charge in [0.15, 0.2) is 0 Å². The molecule has 0 radical (unpaired) electrons. The largest absolute Gasteiger partial charge is 0.334 e. The average molecular weight is 206 g/mol. The summed E-state index contributed by atoms with van der Waals surface area (Å²) in [7, 11) is -4.32. The molecule has 0 saturated carbocycles. The molecule has 0 spiro atoms. The number of hydrogen-bond donors (Lipinski definition) is 2. The Kier molecular flexibility index (Phi) is 4.23. The Morgan fingerprint density at radius 3 is 2.45 bits per heavy atom. The van der Waals surface area contributed by atoms with E-state index in [1.807, 2.05) is 0 Å². The third-order valence-corrected chi connectivity index (χ3v) is 1.81. The maximum Gasteiger partial charge on any atom is 0.334 e. The highest BCUT2D eigenvalue weighted by Crippen LogP contribution is 2.05. The fraction of sp³-hybridized carbons (Fsp3) is 1.00. The molecule has 0 saturated heterocycles. The van der Waals surface area contributed by atoms with E-state index in [0.717, 1.165) is 0 Å². The molecule has 0 aromatic carbocycles. The van der Waals surface area contributed by atoms with Crippen molar-refractivity contribution in [1.82, 2.24) is 4.72 Å². The van der Waals surface area contributed by atoms with Crippen LogP contribution in [0.25, 0.3) is 0 Å². The molecule has 0 aromatic rings. The van der Waals surface area contributed by atoms with Crippen molar-refractivity contribution in [1.29, 1.82) is 0 Å². The standard InChI is InChI=1S/C4H9ClFNO3S/c1-3(6)2-4(5)7-11(8,9)10/h3-4,7H,2H2,1H3,(H,8,9,10). The van der Waals surface area contributed by atoms with E-state index in [0.29, 0.717) is 0 Å². The number of nitrogens with one attached hydrogen (secondary N) is 1. The van der Waals surface area contributed by atoms with Gasteiger partial charge in [-0.1, -0.05) is 0 Å². The van der Waals surface area contributed by atoms with E-state index in [-0.39, 0.29) is 6.42 Å². The van der Waals surface area contributed by atoms with Gasteiger partial charge in [-0.2, -0.15) is 13.1 Å². The summed E-state index contributed by atoms with van der Waals surface area (Å²) in [6.45, 7) is 1.24. The van der Waals surface area contributed by atoms with Crippen molar-refractivity contribution in [3.8, 4) is 0 Å². The second kappa shape index (κ2) is 4.20. The summed E-state index contributed by atoms with van der Waals surface area (Å²) >= 11 is 5.27. The Hall–Kier alpha value is 0.0900. The average Bonchev–Trinajstić information content (AvgIpc) is 1.53. The fourth-order valence-corrected chi connectivity index (χ4v) is 1.50. The van der Waals surface area contributed by atoms with Gasteiger partial charge in [0.1, 0.15) is 11.7 Å². The van der Waals surface area contributed by atoms with Crippen molar-refractivity contribution in [3.05, 3.63) is 0 Å². The lowest BCUT2D eigenvalue weighted by Gasteiger charge is -2.08. The molecule has 0 aliphatic heterocycles. The van der Waals surface area contributed by atoms with Crippen LogP contribution in [0.4, 0.5) is 4.39 Å². The molecule has 0 rings (SSSR count). The molecule has 11 heavy (non-hydrogen) atoms. The van der Waals surface area contributed by atoms with Crippen LogP contribution in [0.3, 0.4) is 0 Å². The second-order valence-electron chi connectivity index (χ2n) is 2.08. The highest BCUT2D eigenvalue weighted by Gasteiger charge is 2.14. The van der Waals surface area contributed by atoms with Gasteiger partial charge < -0.3 is 0 Å². The van der Waals surface area contributed by atoms with Crippen LogP contribution in [-0.4, -0.2) is 24.6 Å². The molecule has 2 atom stereocenters. The first-order valence-electron chi connectivity index (χ1n) is 2.84. The van der Waals surface area contributed by atoms with Crippen molar-refractivity contribution >= 4 is 21.9 Å². The van der Waals surface area contributed by atoms with Gasteiger partial charge in [-0.3, -0.25) is 4.55 Å². The number of hydrogen-bond acceptors (Lipinski definition) is 2. The summed E-state index contributed by atoms with van der Waals surface area (Å²) in [6.07, 6.45) is -1.40. The van der Waals surface area contributed by atoms with Gasteiger partial charge in [0.05, 0.1) is 0 Å². The van der Waals surface area contributed by atoms with Crippen molar-refractivity contribution in [2.45, 2.75) is 25.0 Å². The third-order valence-electron chi connectivity index (χ3n) is 0.809. The van der Waals surface area contributed by atoms with Crippen LogP contribution in [0, 0.1) is 0 Å². The predicted molar refractivity (Wildman–Crippen MR) is 39.5 cm³/mol. The zero-order valence-corrected chi connectivity index (χ0v) is 7.36. The lowest BCUT2D eigenvalue weighted by molar-refractivity contribution is 0.331. The Morgan fingerprint density at radius 1 is 1.73 bits per heavy atom. The first kappa shape index (κ1) is 11.1. The molecule has 0 aromatic heterocycles. The van der Waals surface area contributed by atoms with Crippen LogP contribution < -0.4 is 4.72 Å². The smallest absolute Gasteiger partial charge is 0.273 e. The molecule has 4 nitrogen and oxygen atoms in total. The summed E-state index contributed by atoms with van der Waals surface area (Å²) in [5.41, 5.74) is -1.11. The predicted octanol–water partition coefficient (Wildman–Crippen LogP) is 0.692. The van der Waals surface area contributed by atoms with Crippen molar-refractivity contribution in [2.24, 2.45) is 0 Å². The van der Waals surface area contributed by atoms with Gasteiger partial charge >= 0.3 is 10.3 Å². The SMILES string of the molecule is CC(F)CC(Cl)NS(=O)(=O)O. The van der Waals surface area contributed by atoms with E-state index < -0.39 is 22.0 Å². The van der Waals surface area contributed by atoms with Gasteiger partial charge in [-0.15, -0.1) is 11.6 Å². The van der Waals surface area contributed by atoms with E-state index in [2.05, 4.69) is 0 Å². The van der Waals surface area contributed by atoms with Crippen LogP contribution in [-0.2, 0) is 10.3 Å². The van der Waals surface area contributed by atoms with Crippen molar-refractivity contribution in [3.63, 3.8) is 0 Å². The van der Waals surface area contributed by atoms with Gasteiger partial charge in [0.2, 0.25) is 0 Å². The lowest BCUT2D eigenvalue weighted by Crippen LogP contribution is -2.31. The molecule has 0 amide bonds. The molecular formula is C4H9ClFNO3S. The maximum absolute atomic E-state index is 12.1. The molecule has 7 heteroatoms. The Labute approximate surface area is 69.6 Å². The first-order chi connectivity index (χ1) is 4.81. The van der Waals surface area contributed by atoms with Crippen molar-refractivity contribution < 1.29 is 17.4 Å². The fourth-order valence-electron chi connectivity index (χ4n) is 0.495. The molecule has 2 unspecified atom stereocenters. The summed E-state index contributed by atoms with van der Waals surface area (Å²) < 4.78 is 42.0. The molecule has 0 aliphatic carbocycles. The number of halogens is 2. The topological polar surface area (TPSA) is 66.4 Å². The Balaban J connectivity index is 3.80. The zero-order chi connectivity index (χ0) is 9.07. The van der Waals surface area contributed by atoms with Gasteiger partial charge in [-0.25, -0.2) is 4.39 Å². The molecular weight excluding hydrogens is 197 g/mol. The summed E-state index contributed by atoms with van der Waals surface area (Å²) in [5.74, 6) is 0. The van der Waals surface area contributed by atoms with Gasteiger partial charge in [-0.05, 0) is 6.92 Å². The highest BCUT2D eigenvalue weighted by molar-refractivity contribution is 7.83. The van der Waals surface area contributed by atoms with Crippen LogP contribution in [0.15, 0.2) is 0 Å². The van der Waals surface area contributed by atoms with Crippen LogP contribution >= 0.6 is 11.6 Å². The maximum atomic E-state index is 12.1. The summed E-state index contributed by atoms with van der Waals surface area (Å²) in [4.78, 5) is 0. The normalized spacial score (nSPS) is 17.8. The monoisotopic (exact) mass is 205 g/mol. The quantitative estimate of drug-likeness (QED) is 0.403. The molecule has 0 heterocycles. The lowest BCUT2D eigenvalue weighted by atomic mass is 10.3. The minimum Gasteiger partial charge on any atom is -0.273 e. The van der Waals surface area contributed by atoms with E-state index in [1.54, 1.807) is 4.72 Å². The van der Waals surface area contributed by atoms with Gasteiger partial charge in [0.25, 0.3) is 0 Å². The Bertz CT molecular complexity index is 205. The molecule has 0 bridgehead atoms. The minimum atomic E-state index is -4.32. The molecule has 68 valence electrons. The van der Waals surface area contributed by atoms with Crippen molar-refractivity contribution in [2.75, 3.05) is 0 Å². The van der Waals surface area contributed by atoms with Gasteiger partial charge in [0, 0.05) is 6.42 Å². The van der Waals surface area contributed by atoms with E-state index >= 15 is 0 Å². The number of alkyl halides is 2. The first-order valence-corrected chi connectivity index (χ1v) is 4.72. The summed E-state index contributed by atoms with van der Waals surface area (Å²) in [5, 5.41) is 0. The number of rotatable bonds is 4. The minimum absolute atomic E-state index is 0.179. The Morgan fingerprint density at radius 2 is 2.18 bits per heavy atom. The summed E-state index contributed by atoms with van der Waals surface area (Å²) in [6, 6.07) is 0. The van der Waals surface area contributed by atoms with Crippen LogP contribution in [0.5, 0.6) is 0 Å². The third kappa shape index (κ3) is 7.99. The van der Waals surface area contributed by atoms with Crippen LogP contribution in [0.1, 0.15) is 13.3 Å². The van der Waals surface area contributed by atoms with Crippen LogP contribution in [0.2, 0.25) is 0 Å².